The zero-order valence-electron chi connectivity index (χ0n) is 7.58. The average Bonchev–Trinajstić information content (AvgIpc) is 2.18. The average molecular weight is 178 g/mol. The summed E-state index contributed by atoms with van der Waals surface area (Å²) in [6.07, 6.45) is 1.84. The molecule has 0 aliphatic heterocycles. The van der Waals surface area contributed by atoms with Crippen LogP contribution in [0.25, 0.3) is 0 Å². The van der Waals surface area contributed by atoms with E-state index in [1.165, 1.54) is 0 Å². The molecule has 0 saturated heterocycles. The number of benzene rings is 1. The molecule has 0 aromatic heterocycles. The van der Waals surface area contributed by atoms with E-state index in [2.05, 4.69) is 18.7 Å². The maximum absolute atomic E-state index is 5.49. The van der Waals surface area contributed by atoms with Crippen LogP contribution in [0.5, 0.6) is 0 Å². The molecule has 0 fully saturated rings. The summed E-state index contributed by atoms with van der Waals surface area (Å²) in [7, 11) is 0.720. The van der Waals surface area contributed by atoms with Gasteiger partial charge >= 0.3 is 0 Å². The molecule has 0 radical (unpaired) electrons. The van der Waals surface area contributed by atoms with Gasteiger partial charge in [-0.15, -0.1) is 0 Å². The minimum absolute atomic E-state index is 0.298. The van der Waals surface area contributed by atoms with E-state index in [1.54, 1.807) is 0 Å². The van der Waals surface area contributed by atoms with E-state index in [0.29, 0.717) is 0 Å². The number of hydrogen-bond donors (Lipinski definition) is 0. The van der Waals surface area contributed by atoms with Crippen LogP contribution in [-0.2, 0) is 10.0 Å². The Morgan fingerprint density at radius 3 is 2.42 bits per heavy atom. The first-order chi connectivity index (χ1) is 5.73. The Bertz CT molecular complexity index is 258. The molecule has 0 aliphatic carbocycles. The Morgan fingerprint density at radius 1 is 1.42 bits per heavy atom. The van der Waals surface area contributed by atoms with Gasteiger partial charge in [0.1, 0.15) is 10.5 Å². The molecule has 1 unspecified atom stereocenters. The Morgan fingerprint density at radius 2 is 2.00 bits per heavy atom. The van der Waals surface area contributed by atoms with E-state index in [9.17, 15) is 0 Å². The standard InChI is InChI=1S/C10H14OSi/c1-3-10(2,11-12)9-7-5-4-6-8-9/h3-8H,1H2,2,12H3. The van der Waals surface area contributed by atoms with Gasteiger partial charge in [-0.2, -0.15) is 0 Å². The van der Waals surface area contributed by atoms with Crippen molar-refractivity contribution in [2.24, 2.45) is 0 Å². The third kappa shape index (κ3) is 1.65. The molecule has 0 spiro atoms. The van der Waals surface area contributed by atoms with Gasteiger partial charge in [-0.25, -0.2) is 0 Å². The maximum atomic E-state index is 5.49. The molecule has 2 heteroatoms. The van der Waals surface area contributed by atoms with Crippen LogP contribution in [-0.4, -0.2) is 10.5 Å². The molecule has 0 bridgehead atoms. The van der Waals surface area contributed by atoms with Crippen molar-refractivity contribution < 1.29 is 4.43 Å². The summed E-state index contributed by atoms with van der Waals surface area (Å²) in [4.78, 5) is 0. The van der Waals surface area contributed by atoms with Gasteiger partial charge in [-0.05, 0) is 12.5 Å². The summed E-state index contributed by atoms with van der Waals surface area (Å²) in [5, 5.41) is 0. The molecule has 0 N–H and O–H groups in total. The van der Waals surface area contributed by atoms with Gasteiger partial charge in [-0.1, -0.05) is 43.0 Å². The summed E-state index contributed by atoms with van der Waals surface area (Å²) >= 11 is 0. The monoisotopic (exact) mass is 178 g/mol. The molecular formula is C10H14OSi. The van der Waals surface area contributed by atoms with Gasteiger partial charge < -0.3 is 4.43 Å². The Kier molecular flexibility index (Phi) is 2.84. The first-order valence-electron chi connectivity index (χ1n) is 3.97. The van der Waals surface area contributed by atoms with Gasteiger partial charge in [0.25, 0.3) is 0 Å². The minimum atomic E-state index is -0.298. The van der Waals surface area contributed by atoms with Crippen LogP contribution in [0.2, 0.25) is 0 Å². The van der Waals surface area contributed by atoms with Crippen LogP contribution in [0.4, 0.5) is 0 Å². The molecule has 0 aliphatic rings. The van der Waals surface area contributed by atoms with Crippen LogP contribution in [0.1, 0.15) is 12.5 Å². The fourth-order valence-corrected chi connectivity index (χ4v) is 1.49. The molecule has 0 amide bonds. The van der Waals surface area contributed by atoms with E-state index in [0.717, 1.165) is 16.0 Å². The number of rotatable bonds is 3. The summed E-state index contributed by atoms with van der Waals surface area (Å²) in [6, 6.07) is 10.1. The second-order valence-corrected chi connectivity index (χ2v) is 3.29. The summed E-state index contributed by atoms with van der Waals surface area (Å²) in [6.45, 7) is 5.81. The fourth-order valence-electron chi connectivity index (χ4n) is 1.09. The van der Waals surface area contributed by atoms with E-state index in [1.807, 2.05) is 31.2 Å². The minimum Gasteiger partial charge on any atom is -0.415 e. The third-order valence-electron chi connectivity index (χ3n) is 2.16. The van der Waals surface area contributed by atoms with Gasteiger partial charge in [0.2, 0.25) is 0 Å². The molecule has 0 saturated carbocycles. The summed E-state index contributed by atoms with van der Waals surface area (Å²) < 4.78 is 5.49. The van der Waals surface area contributed by atoms with E-state index >= 15 is 0 Å². The van der Waals surface area contributed by atoms with Crippen molar-refractivity contribution in [1.29, 1.82) is 0 Å². The first kappa shape index (κ1) is 9.23. The third-order valence-corrected chi connectivity index (χ3v) is 3.01. The molecule has 1 aromatic carbocycles. The van der Waals surface area contributed by atoms with Gasteiger partial charge in [0.15, 0.2) is 0 Å². The molecule has 0 heterocycles. The first-order valence-corrected chi connectivity index (χ1v) is 4.79. The van der Waals surface area contributed by atoms with Crippen molar-refractivity contribution in [2.45, 2.75) is 12.5 Å². The van der Waals surface area contributed by atoms with Crippen molar-refractivity contribution in [3.63, 3.8) is 0 Å². The lowest BCUT2D eigenvalue weighted by atomic mass is 9.97. The van der Waals surface area contributed by atoms with E-state index in [4.69, 9.17) is 4.43 Å². The Balaban J connectivity index is 3.03. The van der Waals surface area contributed by atoms with Crippen molar-refractivity contribution in [3.8, 4) is 0 Å². The summed E-state index contributed by atoms with van der Waals surface area (Å²) in [5.74, 6) is 0. The lowest BCUT2D eigenvalue weighted by Gasteiger charge is -2.25. The highest BCUT2D eigenvalue weighted by Crippen LogP contribution is 2.24. The van der Waals surface area contributed by atoms with Crippen LogP contribution in [0, 0.1) is 0 Å². The predicted octanol–water partition coefficient (Wildman–Crippen LogP) is 1.38. The topological polar surface area (TPSA) is 9.23 Å². The van der Waals surface area contributed by atoms with Crippen molar-refractivity contribution in [2.75, 3.05) is 0 Å². The fraction of sp³-hybridized carbons (Fsp3) is 0.200. The quantitative estimate of drug-likeness (QED) is 0.502. The largest absolute Gasteiger partial charge is 0.415 e. The van der Waals surface area contributed by atoms with Crippen molar-refractivity contribution in [1.82, 2.24) is 0 Å². The molecular weight excluding hydrogens is 164 g/mol. The molecule has 1 atom stereocenters. The number of hydrogen-bond acceptors (Lipinski definition) is 1. The predicted molar refractivity (Wildman–Crippen MR) is 55.0 cm³/mol. The second kappa shape index (κ2) is 3.69. The normalized spacial score (nSPS) is 15.4. The van der Waals surface area contributed by atoms with Gasteiger partial charge in [0, 0.05) is 0 Å². The SMILES string of the molecule is C=CC(C)(O[SiH3])c1ccccc1. The van der Waals surface area contributed by atoms with Crippen LogP contribution >= 0.6 is 0 Å². The summed E-state index contributed by atoms with van der Waals surface area (Å²) in [5.41, 5.74) is 0.864. The second-order valence-electron chi connectivity index (χ2n) is 2.88. The molecule has 1 rings (SSSR count). The smallest absolute Gasteiger partial charge is 0.147 e. The highest BCUT2D eigenvalue weighted by molar-refractivity contribution is 5.98. The van der Waals surface area contributed by atoms with E-state index in [-0.39, 0.29) is 5.60 Å². The lowest BCUT2D eigenvalue weighted by Crippen LogP contribution is -2.21. The van der Waals surface area contributed by atoms with Crippen molar-refractivity contribution >= 4 is 10.5 Å². The lowest BCUT2D eigenvalue weighted by molar-refractivity contribution is 0.159. The Hall–Kier alpha value is -0.863. The Labute approximate surface area is 76.6 Å². The van der Waals surface area contributed by atoms with E-state index < -0.39 is 0 Å². The van der Waals surface area contributed by atoms with Crippen LogP contribution in [0.15, 0.2) is 43.0 Å². The van der Waals surface area contributed by atoms with Crippen LogP contribution in [0.3, 0.4) is 0 Å². The van der Waals surface area contributed by atoms with Gasteiger partial charge in [0.05, 0.1) is 5.60 Å². The highest BCUT2D eigenvalue weighted by atomic mass is 28.2. The van der Waals surface area contributed by atoms with Crippen LogP contribution < -0.4 is 0 Å². The molecule has 1 aromatic rings. The zero-order chi connectivity index (χ0) is 9.03. The molecule has 64 valence electrons. The van der Waals surface area contributed by atoms with Crippen molar-refractivity contribution in [3.05, 3.63) is 48.6 Å². The molecule has 12 heavy (non-hydrogen) atoms. The zero-order valence-corrected chi connectivity index (χ0v) is 9.58. The highest BCUT2D eigenvalue weighted by Gasteiger charge is 2.19. The maximum Gasteiger partial charge on any atom is 0.147 e. The van der Waals surface area contributed by atoms with Gasteiger partial charge in [-0.3, -0.25) is 0 Å². The molecule has 1 nitrogen and oxygen atoms in total.